The number of hydrogen-bond acceptors (Lipinski definition) is 4. The molecule has 0 unspecified atom stereocenters. The monoisotopic (exact) mass is 452 g/mol. The van der Waals surface area contributed by atoms with E-state index in [1.54, 1.807) is 61.5 Å². The fourth-order valence-electron chi connectivity index (χ4n) is 3.51. The summed E-state index contributed by atoms with van der Waals surface area (Å²) in [5.41, 5.74) is 2.09. The van der Waals surface area contributed by atoms with Crippen molar-refractivity contribution in [2.45, 2.75) is 0 Å². The minimum absolute atomic E-state index is 0.217. The van der Waals surface area contributed by atoms with E-state index < -0.39 is 11.8 Å². The molecule has 3 aromatic rings. The second-order valence-electron chi connectivity index (χ2n) is 6.89. The molecule has 0 aliphatic carbocycles. The Labute approximate surface area is 190 Å². The van der Waals surface area contributed by atoms with Crippen LogP contribution in [-0.2, 0) is 9.59 Å². The molecule has 1 aliphatic rings. The van der Waals surface area contributed by atoms with Gasteiger partial charge < -0.3 is 9.64 Å². The molecule has 0 atom stereocenters. The summed E-state index contributed by atoms with van der Waals surface area (Å²) in [4.78, 5) is 30.0. The van der Waals surface area contributed by atoms with E-state index in [9.17, 15) is 9.59 Å². The topological polar surface area (TPSA) is 49.9 Å². The second-order valence-corrected chi connectivity index (χ2v) is 7.73. The SMILES string of the molecule is COc1ccc(N2C(=O)C(c3ccc(Cl)cc3Cl)=C(N(C)c3ccccc3)C2=O)cc1. The van der Waals surface area contributed by atoms with E-state index in [0.29, 0.717) is 27.0 Å². The zero-order valence-corrected chi connectivity index (χ0v) is 18.3. The van der Waals surface area contributed by atoms with Crippen molar-refractivity contribution in [2.24, 2.45) is 0 Å². The highest BCUT2D eigenvalue weighted by molar-refractivity contribution is 6.48. The molecule has 0 saturated heterocycles. The van der Waals surface area contributed by atoms with Crippen LogP contribution in [-0.4, -0.2) is 26.0 Å². The van der Waals surface area contributed by atoms with Crippen LogP contribution in [0.5, 0.6) is 5.75 Å². The van der Waals surface area contributed by atoms with Crippen LogP contribution in [0.25, 0.3) is 5.57 Å². The van der Waals surface area contributed by atoms with Crippen molar-refractivity contribution in [3.8, 4) is 5.75 Å². The summed E-state index contributed by atoms with van der Waals surface area (Å²) in [6, 6.07) is 20.9. The number of imide groups is 1. The molecule has 0 radical (unpaired) electrons. The van der Waals surface area contributed by atoms with E-state index in [2.05, 4.69) is 0 Å². The highest BCUT2D eigenvalue weighted by atomic mass is 35.5. The van der Waals surface area contributed by atoms with Crippen LogP contribution in [0.1, 0.15) is 5.56 Å². The summed E-state index contributed by atoms with van der Waals surface area (Å²) < 4.78 is 5.18. The first-order chi connectivity index (χ1) is 14.9. The van der Waals surface area contributed by atoms with Crippen molar-refractivity contribution in [1.82, 2.24) is 0 Å². The molecule has 0 N–H and O–H groups in total. The number of benzene rings is 3. The number of para-hydroxylation sites is 1. The summed E-state index contributed by atoms with van der Waals surface area (Å²) in [5, 5.41) is 0.732. The zero-order valence-electron chi connectivity index (χ0n) is 16.8. The van der Waals surface area contributed by atoms with Crippen LogP contribution < -0.4 is 14.5 Å². The quantitative estimate of drug-likeness (QED) is 0.484. The van der Waals surface area contributed by atoms with E-state index >= 15 is 0 Å². The number of amides is 2. The molecule has 4 rings (SSSR count). The summed E-state index contributed by atoms with van der Waals surface area (Å²) in [7, 11) is 3.30. The van der Waals surface area contributed by atoms with Gasteiger partial charge in [-0.1, -0.05) is 47.5 Å². The maximum atomic E-state index is 13.6. The lowest BCUT2D eigenvalue weighted by atomic mass is 10.0. The molecule has 156 valence electrons. The maximum absolute atomic E-state index is 13.6. The first-order valence-corrected chi connectivity index (χ1v) is 10.2. The van der Waals surface area contributed by atoms with Gasteiger partial charge in [-0.3, -0.25) is 9.59 Å². The van der Waals surface area contributed by atoms with Gasteiger partial charge in [0.15, 0.2) is 0 Å². The molecule has 7 heteroatoms. The Balaban J connectivity index is 1.88. The van der Waals surface area contributed by atoms with Crippen molar-refractivity contribution in [3.63, 3.8) is 0 Å². The summed E-state index contributed by atoms with van der Waals surface area (Å²) in [6.45, 7) is 0. The van der Waals surface area contributed by atoms with Crippen LogP contribution in [0.4, 0.5) is 11.4 Å². The number of ether oxygens (including phenoxy) is 1. The molecule has 1 aliphatic heterocycles. The van der Waals surface area contributed by atoms with Gasteiger partial charge in [0.25, 0.3) is 11.8 Å². The Morgan fingerprint density at radius 2 is 1.55 bits per heavy atom. The number of carbonyl (C=O) groups is 2. The number of halogens is 2. The second kappa shape index (κ2) is 8.46. The van der Waals surface area contributed by atoms with Gasteiger partial charge in [0.2, 0.25) is 0 Å². The molecule has 1 heterocycles. The van der Waals surface area contributed by atoms with Crippen molar-refractivity contribution in [2.75, 3.05) is 24.0 Å². The van der Waals surface area contributed by atoms with Crippen molar-refractivity contribution < 1.29 is 14.3 Å². The van der Waals surface area contributed by atoms with Crippen molar-refractivity contribution in [3.05, 3.63) is 94.1 Å². The van der Waals surface area contributed by atoms with Crippen LogP contribution in [0, 0.1) is 0 Å². The number of nitrogens with zero attached hydrogens (tertiary/aromatic N) is 2. The van der Waals surface area contributed by atoms with E-state index in [0.717, 1.165) is 10.6 Å². The van der Waals surface area contributed by atoms with Crippen LogP contribution in [0.15, 0.2) is 78.5 Å². The standard InChI is InChI=1S/C24H18Cl2N2O3/c1-27(16-6-4-3-5-7-16)22-21(19-13-8-15(25)14-20(19)26)23(29)28(24(22)30)17-9-11-18(31-2)12-10-17/h3-14H,1-2H3. The Kier molecular flexibility index (Phi) is 5.72. The third-order valence-electron chi connectivity index (χ3n) is 5.07. The van der Waals surface area contributed by atoms with Crippen molar-refractivity contribution >= 4 is 52.0 Å². The van der Waals surface area contributed by atoms with E-state index in [4.69, 9.17) is 27.9 Å². The van der Waals surface area contributed by atoms with Gasteiger partial charge in [-0.25, -0.2) is 4.90 Å². The van der Waals surface area contributed by atoms with E-state index in [-0.39, 0.29) is 11.3 Å². The smallest absolute Gasteiger partial charge is 0.282 e. The molecular formula is C24H18Cl2N2O3. The number of methoxy groups -OCH3 is 1. The van der Waals surface area contributed by atoms with Crippen LogP contribution >= 0.6 is 23.2 Å². The van der Waals surface area contributed by atoms with Gasteiger partial charge in [0, 0.05) is 23.3 Å². The number of hydrogen-bond donors (Lipinski definition) is 0. The average molecular weight is 453 g/mol. The van der Waals surface area contributed by atoms with Gasteiger partial charge in [-0.15, -0.1) is 0 Å². The Hall–Kier alpha value is -3.28. The summed E-state index contributed by atoms with van der Waals surface area (Å²) >= 11 is 12.5. The largest absolute Gasteiger partial charge is 0.497 e. The minimum Gasteiger partial charge on any atom is -0.497 e. The third-order valence-corrected chi connectivity index (χ3v) is 5.62. The highest BCUT2D eigenvalue weighted by Gasteiger charge is 2.42. The van der Waals surface area contributed by atoms with Gasteiger partial charge >= 0.3 is 0 Å². The predicted molar refractivity (Wildman–Crippen MR) is 124 cm³/mol. The average Bonchev–Trinajstić information content (AvgIpc) is 3.04. The Bertz CT molecular complexity index is 1190. The van der Waals surface area contributed by atoms with Crippen LogP contribution in [0.3, 0.4) is 0 Å². The normalized spacial score (nSPS) is 13.7. The highest BCUT2D eigenvalue weighted by Crippen LogP contribution is 2.39. The Morgan fingerprint density at radius 3 is 2.16 bits per heavy atom. The molecular weight excluding hydrogens is 435 g/mol. The summed E-state index contributed by atoms with van der Waals surface area (Å²) in [5.74, 6) is -0.280. The number of likely N-dealkylation sites (N-methyl/N-ethyl adjacent to an activating group) is 1. The number of carbonyl (C=O) groups excluding carboxylic acids is 2. The fourth-order valence-corrected chi connectivity index (χ4v) is 4.01. The molecule has 0 fully saturated rings. The number of anilines is 2. The lowest BCUT2D eigenvalue weighted by Gasteiger charge is -2.21. The molecule has 0 aromatic heterocycles. The lowest BCUT2D eigenvalue weighted by Crippen LogP contribution is -2.34. The Morgan fingerprint density at radius 1 is 0.871 bits per heavy atom. The van der Waals surface area contributed by atoms with E-state index in [1.165, 1.54) is 0 Å². The predicted octanol–water partition coefficient (Wildman–Crippen LogP) is 5.42. The molecule has 0 spiro atoms. The van der Waals surface area contributed by atoms with Gasteiger partial charge in [0.1, 0.15) is 11.4 Å². The minimum atomic E-state index is -0.461. The van der Waals surface area contributed by atoms with Crippen molar-refractivity contribution in [1.29, 1.82) is 0 Å². The molecule has 0 saturated carbocycles. The summed E-state index contributed by atoms with van der Waals surface area (Å²) in [6.07, 6.45) is 0. The van der Waals surface area contributed by atoms with Gasteiger partial charge in [0.05, 0.1) is 23.4 Å². The molecule has 31 heavy (non-hydrogen) atoms. The molecule has 5 nitrogen and oxygen atoms in total. The third kappa shape index (κ3) is 3.78. The lowest BCUT2D eigenvalue weighted by molar-refractivity contribution is -0.120. The van der Waals surface area contributed by atoms with Gasteiger partial charge in [-0.2, -0.15) is 0 Å². The maximum Gasteiger partial charge on any atom is 0.282 e. The van der Waals surface area contributed by atoms with Gasteiger partial charge in [-0.05, 0) is 48.5 Å². The molecule has 2 amide bonds. The first-order valence-electron chi connectivity index (χ1n) is 9.43. The van der Waals surface area contributed by atoms with Crippen LogP contribution in [0.2, 0.25) is 10.0 Å². The first kappa shape index (κ1) is 21.0. The molecule has 3 aromatic carbocycles. The van der Waals surface area contributed by atoms with E-state index in [1.807, 2.05) is 30.3 Å². The fraction of sp³-hybridized carbons (Fsp3) is 0.0833. The molecule has 0 bridgehead atoms. The number of rotatable bonds is 5. The zero-order chi connectivity index (χ0) is 22.1.